The number of benzene rings is 2. The monoisotopic (exact) mass is 454 g/mol. The van der Waals surface area contributed by atoms with Crippen LogP contribution in [0.15, 0.2) is 54.1 Å². The fraction of sp³-hybridized carbons (Fsp3) is 0.304. The van der Waals surface area contributed by atoms with Gasteiger partial charge in [0.15, 0.2) is 17.5 Å². The van der Waals surface area contributed by atoms with Crippen molar-refractivity contribution in [3.63, 3.8) is 0 Å². The Morgan fingerprint density at radius 3 is 2.43 bits per heavy atom. The number of allylic oxidation sites excluding steroid dienone is 1. The lowest BCUT2D eigenvalue weighted by Crippen LogP contribution is -2.12. The predicted octanol–water partition coefficient (Wildman–Crippen LogP) is 7.47. The Balaban J connectivity index is 2.00. The second kappa shape index (κ2) is 11.4. The molecule has 0 saturated heterocycles. The molecule has 0 aromatic heterocycles. The van der Waals surface area contributed by atoms with Gasteiger partial charge in [0.05, 0.1) is 5.02 Å². The van der Waals surface area contributed by atoms with Gasteiger partial charge in [-0.05, 0) is 43.4 Å². The van der Waals surface area contributed by atoms with Crippen molar-refractivity contribution >= 4 is 34.7 Å². The fourth-order valence-electron chi connectivity index (χ4n) is 2.75. The van der Waals surface area contributed by atoms with Crippen molar-refractivity contribution in [3.05, 3.63) is 77.2 Å². The van der Waals surface area contributed by atoms with E-state index in [4.69, 9.17) is 11.6 Å². The van der Waals surface area contributed by atoms with E-state index in [0.717, 1.165) is 53.4 Å². The predicted molar refractivity (Wildman–Crippen MR) is 122 cm³/mol. The summed E-state index contributed by atoms with van der Waals surface area (Å²) in [6, 6.07) is 7.18. The highest BCUT2D eigenvalue weighted by atomic mass is 35.5. The van der Waals surface area contributed by atoms with Gasteiger partial charge < -0.3 is 10.6 Å². The molecular weight excluding hydrogens is 429 g/mol. The molecule has 0 bridgehead atoms. The Bertz CT molecular complexity index is 894. The fourth-order valence-corrected chi connectivity index (χ4v) is 4.08. The summed E-state index contributed by atoms with van der Waals surface area (Å²) in [5, 5.41) is 6.66. The van der Waals surface area contributed by atoms with Crippen LogP contribution in [0.3, 0.4) is 0 Å². The average Bonchev–Trinajstić information content (AvgIpc) is 2.70. The van der Waals surface area contributed by atoms with Gasteiger partial charge in [0, 0.05) is 46.4 Å². The number of anilines is 1. The molecule has 0 saturated carbocycles. The number of halogens is 4. The maximum absolute atomic E-state index is 13.4. The maximum Gasteiger partial charge on any atom is 0.194 e. The summed E-state index contributed by atoms with van der Waals surface area (Å²) < 4.78 is 40.0. The van der Waals surface area contributed by atoms with Gasteiger partial charge in [0.25, 0.3) is 0 Å². The molecule has 0 radical (unpaired) electrons. The summed E-state index contributed by atoms with van der Waals surface area (Å²) in [4.78, 5) is 0.894. The highest BCUT2D eigenvalue weighted by Crippen LogP contribution is 2.32. The molecule has 7 heteroatoms. The summed E-state index contributed by atoms with van der Waals surface area (Å²) in [6.45, 7) is 13.0. The second-order valence-corrected chi connectivity index (χ2v) is 8.56. The summed E-state index contributed by atoms with van der Waals surface area (Å²) in [5.41, 5.74) is 2.27. The minimum absolute atomic E-state index is 0.0788. The molecule has 2 N–H and O–H groups in total. The first kappa shape index (κ1) is 24.2. The largest absolute Gasteiger partial charge is 0.389 e. The molecule has 2 aromatic carbocycles. The lowest BCUT2D eigenvalue weighted by atomic mass is 10.1. The quantitative estimate of drug-likeness (QED) is 0.272. The van der Waals surface area contributed by atoms with E-state index < -0.39 is 17.5 Å². The van der Waals surface area contributed by atoms with E-state index in [9.17, 15) is 13.2 Å². The first-order valence-corrected chi connectivity index (χ1v) is 11.0. The lowest BCUT2D eigenvalue weighted by molar-refractivity contribution is 0.448. The maximum atomic E-state index is 13.4. The Kier molecular flexibility index (Phi) is 9.18. The van der Waals surface area contributed by atoms with Crippen LogP contribution >= 0.6 is 23.4 Å². The van der Waals surface area contributed by atoms with Crippen LogP contribution in [-0.2, 0) is 0 Å². The summed E-state index contributed by atoms with van der Waals surface area (Å²) in [5.74, 6) is -2.67. The number of hydrogen-bond donors (Lipinski definition) is 2. The van der Waals surface area contributed by atoms with Crippen LogP contribution in [0.25, 0.3) is 5.70 Å². The first-order chi connectivity index (χ1) is 14.2. The van der Waals surface area contributed by atoms with Crippen LogP contribution in [0.5, 0.6) is 0 Å². The molecule has 1 unspecified atom stereocenters. The molecular formula is C23H26ClF3N2S. The molecule has 2 aromatic rings. The smallest absolute Gasteiger partial charge is 0.194 e. The van der Waals surface area contributed by atoms with Crippen molar-refractivity contribution < 1.29 is 13.2 Å². The zero-order valence-corrected chi connectivity index (χ0v) is 18.7. The first-order valence-electron chi connectivity index (χ1n) is 9.66. The molecule has 162 valence electrons. The molecule has 0 aliphatic heterocycles. The van der Waals surface area contributed by atoms with Crippen molar-refractivity contribution in [2.45, 2.75) is 31.6 Å². The van der Waals surface area contributed by atoms with Crippen LogP contribution in [0.1, 0.15) is 32.3 Å². The van der Waals surface area contributed by atoms with Gasteiger partial charge in [-0.3, -0.25) is 0 Å². The van der Waals surface area contributed by atoms with Crippen molar-refractivity contribution in [1.29, 1.82) is 0 Å². The third-order valence-electron chi connectivity index (χ3n) is 4.45. The van der Waals surface area contributed by atoms with Gasteiger partial charge in [-0.1, -0.05) is 37.7 Å². The number of hydrogen-bond acceptors (Lipinski definition) is 3. The van der Waals surface area contributed by atoms with Crippen molar-refractivity contribution in [2.75, 3.05) is 17.6 Å². The molecule has 2 nitrogen and oxygen atoms in total. The van der Waals surface area contributed by atoms with E-state index >= 15 is 0 Å². The van der Waals surface area contributed by atoms with Gasteiger partial charge in [-0.25, -0.2) is 13.2 Å². The Morgan fingerprint density at radius 1 is 1.13 bits per heavy atom. The van der Waals surface area contributed by atoms with Gasteiger partial charge >= 0.3 is 0 Å². The van der Waals surface area contributed by atoms with E-state index in [1.54, 1.807) is 23.9 Å². The Morgan fingerprint density at radius 2 is 1.80 bits per heavy atom. The van der Waals surface area contributed by atoms with Gasteiger partial charge in [0.2, 0.25) is 0 Å². The van der Waals surface area contributed by atoms with Gasteiger partial charge in [0.1, 0.15) is 0 Å². The van der Waals surface area contributed by atoms with Crippen LogP contribution < -0.4 is 10.6 Å². The minimum atomic E-state index is -1.50. The highest BCUT2D eigenvalue weighted by Gasteiger charge is 2.13. The second-order valence-electron chi connectivity index (χ2n) is 7.09. The molecule has 0 aliphatic rings. The molecule has 1 atom stereocenters. The van der Waals surface area contributed by atoms with E-state index in [0.29, 0.717) is 16.6 Å². The molecule has 0 aliphatic carbocycles. The molecule has 0 spiro atoms. The lowest BCUT2D eigenvalue weighted by Gasteiger charge is -2.15. The Labute approximate surface area is 185 Å². The van der Waals surface area contributed by atoms with Crippen LogP contribution in [-0.4, -0.2) is 12.3 Å². The van der Waals surface area contributed by atoms with Crippen molar-refractivity contribution in [2.24, 2.45) is 5.92 Å². The summed E-state index contributed by atoms with van der Waals surface area (Å²) in [6.07, 6.45) is 1.95. The zero-order chi connectivity index (χ0) is 22.3. The third kappa shape index (κ3) is 7.03. The normalized spacial score (nSPS) is 11.8. The standard InChI is InChI=1S/C23H26ClF3N2S/c1-5-28-15(3)7-6-14(2)13-30-22-10-17(8-9-19(22)24)16(4)29-18-11-20(25)23(27)21(26)12-18/h8-12,14,28-29H,3-7,13H2,1-2H3. The van der Waals surface area contributed by atoms with Crippen LogP contribution in [0, 0.1) is 23.4 Å². The van der Waals surface area contributed by atoms with E-state index in [1.165, 1.54) is 0 Å². The molecule has 2 rings (SSSR count). The topological polar surface area (TPSA) is 24.1 Å². The Hall–Kier alpha value is -2.05. The summed E-state index contributed by atoms with van der Waals surface area (Å²) >= 11 is 7.98. The van der Waals surface area contributed by atoms with E-state index in [1.807, 2.05) is 13.0 Å². The van der Waals surface area contributed by atoms with Crippen molar-refractivity contribution in [1.82, 2.24) is 5.32 Å². The number of nitrogens with one attached hydrogen (secondary N) is 2. The number of thioether (sulfide) groups is 1. The third-order valence-corrected chi connectivity index (χ3v) is 6.27. The average molecular weight is 455 g/mol. The molecule has 0 heterocycles. The molecule has 0 amide bonds. The minimum Gasteiger partial charge on any atom is -0.389 e. The van der Waals surface area contributed by atoms with Gasteiger partial charge in [-0.2, -0.15) is 0 Å². The van der Waals surface area contributed by atoms with Crippen LogP contribution in [0.4, 0.5) is 18.9 Å². The highest BCUT2D eigenvalue weighted by molar-refractivity contribution is 7.99. The van der Waals surface area contributed by atoms with Crippen LogP contribution in [0.2, 0.25) is 5.02 Å². The SMILES string of the molecule is C=C(CCC(C)CSc1cc(C(=C)Nc2cc(F)c(F)c(F)c2)ccc1Cl)NCC. The number of rotatable bonds is 11. The van der Waals surface area contributed by atoms with Gasteiger partial charge in [-0.15, -0.1) is 11.8 Å². The zero-order valence-electron chi connectivity index (χ0n) is 17.1. The van der Waals surface area contributed by atoms with Crippen molar-refractivity contribution in [3.8, 4) is 0 Å². The van der Waals surface area contributed by atoms with E-state index in [-0.39, 0.29) is 5.69 Å². The molecule has 30 heavy (non-hydrogen) atoms. The molecule has 0 fully saturated rings. The van der Waals surface area contributed by atoms with E-state index in [2.05, 4.69) is 30.7 Å². The summed E-state index contributed by atoms with van der Waals surface area (Å²) in [7, 11) is 0.